The van der Waals surface area contributed by atoms with Crippen LogP contribution in [-0.2, 0) is 4.79 Å². The van der Waals surface area contributed by atoms with E-state index in [0.29, 0.717) is 5.70 Å². The number of hydrogen-bond donors (Lipinski definition) is 2. The van der Waals surface area contributed by atoms with Crippen LogP contribution in [0.15, 0.2) is 24.8 Å². The number of nitrogens with one attached hydrogen (secondary N) is 2. The number of hydrogen-bond acceptors (Lipinski definition) is 2. The molecule has 1 aromatic carbocycles. The molecule has 0 saturated carbocycles. The van der Waals surface area contributed by atoms with E-state index in [0.717, 1.165) is 11.1 Å². The monoisotopic (exact) mass is 204 g/mol. The van der Waals surface area contributed by atoms with Crippen molar-refractivity contribution in [2.75, 3.05) is 0 Å². The standard InChI is InChI=1S/C12H16N2O/c1-8-5-6-12(9(2)7-8)10(3)13-14-11(4)15/h5-7,13H,3H2,1-2,4H3,(H,14,15). The van der Waals surface area contributed by atoms with Crippen molar-refractivity contribution in [3.05, 3.63) is 41.5 Å². The summed E-state index contributed by atoms with van der Waals surface area (Å²) in [5.41, 5.74) is 9.32. The highest BCUT2D eigenvalue weighted by Crippen LogP contribution is 2.15. The largest absolute Gasteiger partial charge is 0.299 e. The van der Waals surface area contributed by atoms with E-state index >= 15 is 0 Å². The summed E-state index contributed by atoms with van der Waals surface area (Å²) in [6.07, 6.45) is 0. The number of amides is 1. The first-order chi connectivity index (χ1) is 7.00. The lowest BCUT2D eigenvalue weighted by Gasteiger charge is -2.12. The Morgan fingerprint density at radius 2 is 1.93 bits per heavy atom. The molecule has 1 aromatic rings. The van der Waals surface area contributed by atoms with Crippen LogP contribution in [0.2, 0.25) is 0 Å². The van der Waals surface area contributed by atoms with E-state index < -0.39 is 0 Å². The van der Waals surface area contributed by atoms with Crippen molar-refractivity contribution in [1.29, 1.82) is 0 Å². The molecule has 0 bridgehead atoms. The highest BCUT2D eigenvalue weighted by Gasteiger charge is 2.02. The van der Waals surface area contributed by atoms with Gasteiger partial charge in [-0.25, -0.2) is 0 Å². The van der Waals surface area contributed by atoms with Crippen molar-refractivity contribution in [1.82, 2.24) is 10.9 Å². The van der Waals surface area contributed by atoms with Gasteiger partial charge in [-0.1, -0.05) is 30.3 Å². The van der Waals surface area contributed by atoms with Crippen molar-refractivity contribution < 1.29 is 4.79 Å². The van der Waals surface area contributed by atoms with Crippen LogP contribution in [0.25, 0.3) is 5.70 Å². The molecule has 80 valence electrons. The van der Waals surface area contributed by atoms with Crippen LogP contribution in [-0.4, -0.2) is 5.91 Å². The highest BCUT2D eigenvalue weighted by atomic mass is 16.2. The van der Waals surface area contributed by atoms with Gasteiger partial charge in [-0.15, -0.1) is 0 Å². The third-order valence-corrected chi connectivity index (χ3v) is 2.10. The van der Waals surface area contributed by atoms with Gasteiger partial charge in [-0.2, -0.15) is 0 Å². The lowest BCUT2D eigenvalue weighted by atomic mass is 10.0. The second kappa shape index (κ2) is 4.64. The molecule has 0 fully saturated rings. The molecule has 3 heteroatoms. The van der Waals surface area contributed by atoms with Crippen molar-refractivity contribution in [2.45, 2.75) is 20.8 Å². The molecular weight excluding hydrogens is 188 g/mol. The Morgan fingerprint density at radius 1 is 1.27 bits per heavy atom. The fourth-order valence-electron chi connectivity index (χ4n) is 1.38. The van der Waals surface area contributed by atoms with Crippen LogP contribution < -0.4 is 10.9 Å². The molecule has 0 unspecified atom stereocenters. The predicted octanol–water partition coefficient (Wildman–Crippen LogP) is 1.91. The molecule has 0 heterocycles. The SMILES string of the molecule is C=C(NNC(C)=O)c1ccc(C)cc1C. The molecule has 0 aliphatic rings. The summed E-state index contributed by atoms with van der Waals surface area (Å²) in [6, 6.07) is 6.08. The summed E-state index contributed by atoms with van der Waals surface area (Å²) >= 11 is 0. The van der Waals surface area contributed by atoms with Crippen LogP contribution in [0.3, 0.4) is 0 Å². The molecule has 0 aromatic heterocycles. The molecule has 1 rings (SSSR count). The maximum atomic E-state index is 10.7. The van der Waals surface area contributed by atoms with Gasteiger partial charge in [0.25, 0.3) is 0 Å². The number of rotatable bonds is 3. The van der Waals surface area contributed by atoms with Crippen molar-refractivity contribution >= 4 is 11.6 Å². The summed E-state index contributed by atoms with van der Waals surface area (Å²) in [4.78, 5) is 10.7. The molecule has 0 aliphatic heterocycles. The van der Waals surface area contributed by atoms with Gasteiger partial charge in [-0.3, -0.25) is 15.6 Å². The van der Waals surface area contributed by atoms with Gasteiger partial charge in [0.15, 0.2) is 0 Å². The predicted molar refractivity (Wildman–Crippen MR) is 61.9 cm³/mol. The third kappa shape index (κ3) is 3.13. The van der Waals surface area contributed by atoms with E-state index in [1.54, 1.807) is 0 Å². The summed E-state index contributed by atoms with van der Waals surface area (Å²) in [5, 5.41) is 0. The number of aryl methyl sites for hydroxylation is 2. The van der Waals surface area contributed by atoms with Crippen LogP contribution in [0, 0.1) is 13.8 Å². The average Bonchev–Trinajstić information content (AvgIpc) is 2.14. The second-order valence-electron chi connectivity index (χ2n) is 3.60. The van der Waals surface area contributed by atoms with Gasteiger partial charge in [0, 0.05) is 12.5 Å². The van der Waals surface area contributed by atoms with Crippen LogP contribution in [0.5, 0.6) is 0 Å². The topological polar surface area (TPSA) is 41.1 Å². The first-order valence-electron chi connectivity index (χ1n) is 4.80. The quantitative estimate of drug-likeness (QED) is 0.738. The minimum Gasteiger partial charge on any atom is -0.299 e. The zero-order chi connectivity index (χ0) is 11.4. The van der Waals surface area contributed by atoms with Gasteiger partial charge in [0.2, 0.25) is 5.91 Å². The molecule has 0 aliphatic carbocycles. The zero-order valence-electron chi connectivity index (χ0n) is 9.35. The number of carbonyl (C=O) groups is 1. The fraction of sp³-hybridized carbons (Fsp3) is 0.250. The van der Waals surface area contributed by atoms with Gasteiger partial charge < -0.3 is 0 Å². The normalized spacial score (nSPS) is 9.53. The maximum absolute atomic E-state index is 10.7. The molecule has 2 N–H and O–H groups in total. The van der Waals surface area contributed by atoms with Crippen LogP contribution >= 0.6 is 0 Å². The lowest BCUT2D eigenvalue weighted by molar-refractivity contribution is -0.119. The molecule has 0 saturated heterocycles. The Morgan fingerprint density at radius 3 is 2.47 bits per heavy atom. The molecular formula is C12H16N2O. The second-order valence-corrected chi connectivity index (χ2v) is 3.60. The molecule has 0 atom stereocenters. The Kier molecular flexibility index (Phi) is 3.50. The molecule has 1 amide bonds. The van der Waals surface area contributed by atoms with Gasteiger partial charge >= 0.3 is 0 Å². The van der Waals surface area contributed by atoms with Crippen molar-refractivity contribution in [3.8, 4) is 0 Å². The summed E-state index contributed by atoms with van der Waals surface area (Å²) < 4.78 is 0. The Labute approximate surface area is 90.2 Å². The number of carbonyl (C=O) groups excluding carboxylic acids is 1. The zero-order valence-corrected chi connectivity index (χ0v) is 9.35. The van der Waals surface area contributed by atoms with Gasteiger partial charge in [0.05, 0.1) is 5.70 Å². The van der Waals surface area contributed by atoms with Gasteiger partial charge in [0.1, 0.15) is 0 Å². The summed E-state index contributed by atoms with van der Waals surface area (Å²) in [6.45, 7) is 9.37. The van der Waals surface area contributed by atoms with Crippen molar-refractivity contribution in [2.24, 2.45) is 0 Å². The minimum absolute atomic E-state index is 0.138. The minimum atomic E-state index is -0.138. The van der Waals surface area contributed by atoms with Crippen LogP contribution in [0.4, 0.5) is 0 Å². The molecule has 3 nitrogen and oxygen atoms in total. The summed E-state index contributed by atoms with van der Waals surface area (Å²) in [5.74, 6) is -0.138. The third-order valence-electron chi connectivity index (χ3n) is 2.10. The van der Waals surface area contributed by atoms with E-state index in [4.69, 9.17) is 0 Å². The Bertz CT molecular complexity index is 397. The Balaban J connectivity index is 2.78. The molecule has 15 heavy (non-hydrogen) atoms. The Hall–Kier alpha value is -1.77. The van der Waals surface area contributed by atoms with E-state index in [1.165, 1.54) is 12.5 Å². The van der Waals surface area contributed by atoms with E-state index in [9.17, 15) is 4.79 Å². The van der Waals surface area contributed by atoms with E-state index in [-0.39, 0.29) is 5.91 Å². The highest BCUT2D eigenvalue weighted by molar-refractivity contribution is 5.74. The summed E-state index contributed by atoms with van der Waals surface area (Å²) in [7, 11) is 0. The maximum Gasteiger partial charge on any atom is 0.235 e. The van der Waals surface area contributed by atoms with E-state index in [2.05, 4.69) is 23.5 Å². The van der Waals surface area contributed by atoms with Crippen molar-refractivity contribution in [3.63, 3.8) is 0 Å². The lowest BCUT2D eigenvalue weighted by Crippen LogP contribution is -2.34. The smallest absolute Gasteiger partial charge is 0.235 e. The first kappa shape index (κ1) is 11.3. The van der Waals surface area contributed by atoms with Gasteiger partial charge in [-0.05, 0) is 19.4 Å². The molecule has 0 radical (unpaired) electrons. The molecule has 0 spiro atoms. The van der Waals surface area contributed by atoms with Crippen LogP contribution in [0.1, 0.15) is 23.6 Å². The number of benzene rings is 1. The van der Waals surface area contributed by atoms with E-state index in [1.807, 2.05) is 26.0 Å². The average molecular weight is 204 g/mol. The fourth-order valence-corrected chi connectivity index (χ4v) is 1.38. The first-order valence-corrected chi connectivity index (χ1v) is 4.80. The number of hydrazine groups is 1.